The number of carbonyl (C=O) groups is 2. The Labute approximate surface area is 177 Å². The number of allylic oxidation sites excluding steroid dienone is 1. The van der Waals surface area contributed by atoms with Crippen molar-refractivity contribution < 1.29 is 9.59 Å². The number of fused-ring (bicyclic) bond motifs is 1. The van der Waals surface area contributed by atoms with Crippen molar-refractivity contribution in [1.82, 2.24) is 15.2 Å². The topological polar surface area (TPSA) is 74.3 Å². The van der Waals surface area contributed by atoms with E-state index in [4.69, 9.17) is 0 Å². The standard InChI is InChI=1S/C24H28N4O2/c1-16(2)23(29)26-21-7-3-17(4-8-21)18-5-9-22(10-6-18)27-24(30)28-14-19-11-12-25-13-20(19)15-28/h3,5-6,9-13,16,21H,4,7-8,14-15H2,1-2H3,(H,26,29)(H,27,30)/t21-/m0/s1. The third-order valence-corrected chi connectivity index (χ3v) is 5.80. The van der Waals surface area contributed by atoms with Crippen LogP contribution in [0.2, 0.25) is 0 Å². The molecule has 1 aliphatic carbocycles. The fourth-order valence-electron chi connectivity index (χ4n) is 3.93. The number of carbonyl (C=O) groups excluding carboxylic acids is 2. The molecule has 0 spiro atoms. The average molecular weight is 405 g/mol. The summed E-state index contributed by atoms with van der Waals surface area (Å²) < 4.78 is 0. The summed E-state index contributed by atoms with van der Waals surface area (Å²) in [5, 5.41) is 6.10. The molecule has 6 nitrogen and oxygen atoms in total. The third kappa shape index (κ3) is 4.53. The van der Waals surface area contributed by atoms with Crippen LogP contribution in [0.1, 0.15) is 49.8 Å². The van der Waals surface area contributed by atoms with Gasteiger partial charge in [-0.05, 0) is 59.7 Å². The first-order chi connectivity index (χ1) is 14.5. The van der Waals surface area contributed by atoms with Crippen LogP contribution in [0, 0.1) is 5.92 Å². The number of rotatable bonds is 4. The summed E-state index contributed by atoms with van der Waals surface area (Å²) >= 11 is 0. The minimum Gasteiger partial charge on any atom is -0.353 e. The largest absolute Gasteiger partial charge is 0.353 e. The number of pyridine rings is 1. The number of amides is 3. The van der Waals surface area contributed by atoms with Gasteiger partial charge in [0.15, 0.2) is 0 Å². The lowest BCUT2D eigenvalue weighted by molar-refractivity contribution is -0.124. The molecule has 30 heavy (non-hydrogen) atoms. The quantitative estimate of drug-likeness (QED) is 0.796. The Hall–Kier alpha value is -3.15. The van der Waals surface area contributed by atoms with Gasteiger partial charge in [-0.3, -0.25) is 9.78 Å². The van der Waals surface area contributed by atoms with Crippen LogP contribution < -0.4 is 10.6 Å². The fraction of sp³-hybridized carbons (Fsp3) is 0.375. The molecule has 156 valence electrons. The van der Waals surface area contributed by atoms with Gasteiger partial charge in [0.2, 0.25) is 5.91 Å². The molecule has 0 fully saturated rings. The number of hydrogen-bond donors (Lipinski definition) is 2. The maximum Gasteiger partial charge on any atom is 0.322 e. The maximum absolute atomic E-state index is 12.6. The highest BCUT2D eigenvalue weighted by atomic mass is 16.2. The highest BCUT2D eigenvalue weighted by molar-refractivity contribution is 5.90. The van der Waals surface area contributed by atoms with E-state index in [1.165, 1.54) is 11.1 Å². The molecule has 2 aliphatic rings. The van der Waals surface area contributed by atoms with Crippen LogP contribution in [-0.4, -0.2) is 27.9 Å². The van der Waals surface area contributed by atoms with Crippen molar-refractivity contribution in [2.45, 2.75) is 52.2 Å². The molecule has 0 unspecified atom stereocenters. The van der Waals surface area contributed by atoms with E-state index in [1.807, 2.05) is 38.2 Å². The van der Waals surface area contributed by atoms with Crippen molar-refractivity contribution in [3.05, 3.63) is 65.5 Å². The summed E-state index contributed by atoms with van der Waals surface area (Å²) in [6, 6.07) is 10.1. The lowest BCUT2D eigenvalue weighted by atomic mass is 9.90. The molecular formula is C24H28N4O2. The van der Waals surface area contributed by atoms with Gasteiger partial charge in [0.25, 0.3) is 0 Å². The predicted octanol–water partition coefficient (Wildman–Crippen LogP) is 4.34. The zero-order chi connectivity index (χ0) is 21.1. The number of anilines is 1. The van der Waals surface area contributed by atoms with Gasteiger partial charge < -0.3 is 15.5 Å². The Balaban J connectivity index is 1.32. The lowest BCUT2D eigenvalue weighted by Crippen LogP contribution is -2.38. The Bertz CT molecular complexity index is 940. The van der Waals surface area contributed by atoms with Crippen LogP contribution in [0.5, 0.6) is 0 Å². The number of urea groups is 1. The van der Waals surface area contributed by atoms with Crippen molar-refractivity contribution in [1.29, 1.82) is 0 Å². The molecule has 1 aromatic carbocycles. The van der Waals surface area contributed by atoms with E-state index in [9.17, 15) is 9.59 Å². The molecule has 4 rings (SSSR count). The van der Waals surface area contributed by atoms with E-state index in [2.05, 4.69) is 33.8 Å². The van der Waals surface area contributed by atoms with Crippen LogP contribution in [0.3, 0.4) is 0 Å². The molecule has 2 N–H and O–H groups in total. The zero-order valence-corrected chi connectivity index (χ0v) is 17.5. The van der Waals surface area contributed by atoms with Gasteiger partial charge in [-0.15, -0.1) is 0 Å². The predicted molar refractivity (Wildman–Crippen MR) is 118 cm³/mol. The van der Waals surface area contributed by atoms with Crippen LogP contribution >= 0.6 is 0 Å². The maximum atomic E-state index is 12.6. The molecule has 6 heteroatoms. The lowest BCUT2D eigenvalue weighted by Gasteiger charge is -2.24. The molecule has 1 atom stereocenters. The summed E-state index contributed by atoms with van der Waals surface area (Å²) in [4.78, 5) is 30.4. The highest BCUT2D eigenvalue weighted by Gasteiger charge is 2.23. The van der Waals surface area contributed by atoms with E-state index in [-0.39, 0.29) is 23.9 Å². The molecule has 0 bridgehead atoms. The van der Waals surface area contributed by atoms with Crippen LogP contribution in [0.25, 0.3) is 5.57 Å². The Morgan fingerprint density at radius 3 is 2.53 bits per heavy atom. The molecular weight excluding hydrogens is 376 g/mol. The minimum absolute atomic E-state index is 0.0181. The summed E-state index contributed by atoms with van der Waals surface area (Å²) in [6.45, 7) is 5.04. The fourth-order valence-corrected chi connectivity index (χ4v) is 3.93. The zero-order valence-electron chi connectivity index (χ0n) is 17.5. The second-order valence-electron chi connectivity index (χ2n) is 8.37. The van der Waals surface area contributed by atoms with Crippen LogP contribution in [0.15, 0.2) is 48.8 Å². The first-order valence-corrected chi connectivity index (χ1v) is 10.6. The second-order valence-corrected chi connectivity index (χ2v) is 8.37. The van der Waals surface area contributed by atoms with Gasteiger partial charge >= 0.3 is 6.03 Å². The first-order valence-electron chi connectivity index (χ1n) is 10.6. The Kier molecular flexibility index (Phi) is 5.84. The number of benzene rings is 1. The number of hydrogen-bond acceptors (Lipinski definition) is 3. The minimum atomic E-state index is -0.0976. The van der Waals surface area contributed by atoms with Crippen molar-refractivity contribution in [3.8, 4) is 0 Å². The summed E-state index contributed by atoms with van der Waals surface area (Å²) in [7, 11) is 0. The van der Waals surface area contributed by atoms with Gasteiger partial charge in [-0.25, -0.2) is 4.79 Å². The number of nitrogens with one attached hydrogen (secondary N) is 2. The summed E-state index contributed by atoms with van der Waals surface area (Å²) in [6.07, 6.45) is 8.56. The summed E-state index contributed by atoms with van der Waals surface area (Å²) in [5.74, 6) is 0.138. The summed E-state index contributed by atoms with van der Waals surface area (Å²) in [5.41, 5.74) is 5.51. The molecule has 0 radical (unpaired) electrons. The SMILES string of the molecule is CC(C)C(=O)N[C@H]1CC=C(c2ccc(NC(=O)N3Cc4ccncc4C3)cc2)CC1. The van der Waals surface area contributed by atoms with E-state index in [0.29, 0.717) is 13.1 Å². The smallest absolute Gasteiger partial charge is 0.322 e. The van der Waals surface area contributed by atoms with Gasteiger partial charge in [0.05, 0.1) is 0 Å². The monoisotopic (exact) mass is 404 g/mol. The molecule has 2 aromatic rings. The molecule has 1 aromatic heterocycles. The normalized spacial score (nSPS) is 18.0. The van der Waals surface area contributed by atoms with Crippen molar-refractivity contribution in [2.75, 3.05) is 5.32 Å². The van der Waals surface area contributed by atoms with Crippen molar-refractivity contribution >= 4 is 23.2 Å². The van der Waals surface area contributed by atoms with Crippen molar-refractivity contribution in [3.63, 3.8) is 0 Å². The Morgan fingerprint density at radius 1 is 1.10 bits per heavy atom. The second kappa shape index (κ2) is 8.69. The van der Waals surface area contributed by atoms with E-state index < -0.39 is 0 Å². The van der Waals surface area contributed by atoms with Crippen LogP contribution in [0.4, 0.5) is 10.5 Å². The van der Waals surface area contributed by atoms with E-state index in [0.717, 1.165) is 36.1 Å². The molecule has 0 saturated heterocycles. The van der Waals surface area contributed by atoms with Crippen LogP contribution in [-0.2, 0) is 17.9 Å². The first kappa shape index (κ1) is 20.1. The van der Waals surface area contributed by atoms with Gasteiger partial charge in [0.1, 0.15) is 0 Å². The van der Waals surface area contributed by atoms with Gasteiger partial charge in [0, 0.05) is 43.1 Å². The molecule has 3 amide bonds. The number of nitrogens with zero attached hydrogens (tertiary/aromatic N) is 2. The Morgan fingerprint density at radius 2 is 1.87 bits per heavy atom. The highest BCUT2D eigenvalue weighted by Crippen LogP contribution is 2.28. The third-order valence-electron chi connectivity index (χ3n) is 5.80. The molecule has 0 saturated carbocycles. The van der Waals surface area contributed by atoms with Gasteiger partial charge in [-0.2, -0.15) is 0 Å². The number of aromatic nitrogens is 1. The average Bonchev–Trinajstić information content (AvgIpc) is 3.19. The van der Waals surface area contributed by atoms with Crippen molar-refractivity contribution in [2.24, 2.45) is 5.92 Å². The molecule has 1 aliphatic heterocycles. The van der Waals surface area contributed by atoms with E-state index in [1.54, 1.807) is 11.1 Å². The van der Waals surface area contributed by atoms with E-state index >= 15 is 0 Å². The van der Waals surface area contributed by atoms with Gasteiger partial charge in [-0.1, -0.05) is 32.1 Å². The molecule has 2 heterocycles.